The number of rotatable bonds is 1. The van der Waals surface area contributed by atoms with E-state index in [1.807, 2.05) is 20.8 Å². The zero-order valence-electron chi connectivity index (χ0n) is 11.3. The first-order valence-corrected chi connectivity index (χ1v) is 6.09. The first-order chi connectivity index (χ1) is 8.74. The molecule has 1 aliphatic rings. The number of nitrogens with two attached hydrogens (primary N) is 1. The Hall–Kier alpha value is -2.05. The second kappa shape index (κ2) is 4.56. The van der Waals surface area contributed by atoms with Gasteiger partial charge < -0.3 is 15.4 Å². The minimum atomic E-state index is -0.505. The van der Waals surface area contributed by atoms with E-state index in [9.17, 15) is 9.59 Å². The lowest BCUT2D eigenvalue weighted by Crippen LogP contribution is -2.50. The minimum absolute atomic E-state index is 0.0390. The monoisotopic (exact) mass is 266 g/mol. The number of carbonyl (C=O) groups is 1. The van der Waals surface area contributed by atoms with E-state index >= 15 is 0 Å². The maximum Gasteiger partial charge on any atom is 0.410 e. The standard InChI is InChI=1S/C12H18N4O3/c1-12(2,3)19-11(18)16-5-7(6-16)8-4-9(17)15-10(13)14-8/h4,7H,5-6H2,1-3H3,(H3,13,14,15,17). The van der Waals surface area contributed by atoms with Crippen molar-refractivity contribution in [2.75, 3.05) is 18.8 Å². The third kappa shape index (κ3) is 3.24. The maximum atomic E-state index is 11.7. The molecule has 0 aliphatic carbocycles. The molecule has 19 heavy (non-hydrogen) atoms. The number of nitrogens with zero attached hydrogens (tertiary/aromatic N) is 2. The van der Waals surface area contributed by atoms with Crippen LogP contribution in [-0.2, 0) is 4.74 Å². The highest BCUT2D eigenvalue weighted by Gasteiger charge is 2.35. The number of ether oxygens (including phenoxy) is 1. The Bertz CT molecular complexity index is 541. The number of carbonyl (C=O) groups excluding carboxylic acids is 1. The SMILES string of the molecule is CC(C)(C)OC(=O)N1CC(c2cc(=O)[nH]c(N)n2)C1. The molecule has 1 aromatic rings. The first-order valence-electron chi connectivity index (χ1n) is 6.09. The van der Waals surface area contributed by atoms with Crippen molar-refractivity contribution in [2.45, 2.75) is 32.3 Å². The van der Waals surface area contributed by atoms with E-state index in [2.05, 4.69) is 9.97 Å². The summed E-state index contributed by atoms with van der Waals surface area (Å²) >= 11 is 0. The zero-order valence-corrected chi connectivity index (χ0v) is 11.3. The molecule has 0 radical (unpaired) electrons. The highest BCUT2D eigenvalue weighted by Crippen LogP contribution is 2.26. The Kier molecular flexibility index (Phi) is 3.21. The van der Waals surface area contributed by atoms with Gasteiger partial charge >= 0.3 is 6.09 Å². The number of hydrogen-bond donors (Lipinski definition) is 2. The fourth-order valence-electron chi connectivity index (χ4n) is 1.85. The van der Waals surface area contributed by atoms with Crippen molar-refractivity contribution < 1.29 is 9.53 Å². The van der Waals surface area contributed by atoms with Gasteiger partial charge in [0, 0.05) is 25.1 Å². The van der Waals surface area contributed by atoms with Crippen LogP contribution in [0.3, 0.4) is 0 Å². The fourth-order valence-corrected chi connectivity index (χ4v) is 1.85. The highest BCUT2D eigenvalue weighted by atomic mass is 16.6. The quantitative estimate of drug-likeness (QED) is 0.778. The summed E-state index contributed by atoms with van der Waals surface area (Å²) < 4.78 is 5.25. The molecule has 7 heteroatoms. The number of hydrogen-bond acceptors (Lipinski definition) is 5. The van der Waals surface area contributed by atoms with E-state index in [-0.39, 0.29) is 23.5 Å². The predicted octanol–water partition coefficient (Wildman–Crippen LogP) is 0.686. The van der Waals surface area contributed by atoms with E-state index in [4.69, 9.17) is 10.5 Å². The third-order valence-corrected chi connectivity index (χ3v) is 2.73. The zero-order chi connectivity index (χ0) is 14.2. The number of nitrogens with one attached hydrogen (secondary N) is 1. The number of likely N-dealkylation sites (tertiary alicyclic amines) is 1. The molecule has 104 valence electrons. The number of anilines is 1. The van der Waals surface area contributed by atoms with Crippen LogP contribution in [0, 0.1) is 0 Å². The Morgan fingerprint density at radius 1 is 1.53 bits per heavy atom. The first kappa shape index (κ1) is 13.4. The molecular weight excluding hydrogens is 248 g/mol. The van der Waals surface area contributed by atoms with Gasteiger partial charge in [-0.3, -0.25) is 9.78 Å². The van der Waals surface area contributed by atoms with Crippen LogP contribution in [0.1, 0.15) is 32.4 Å². The van der Waals surface area contributed by atoms with Crippen molar-refractivity contribution in [3.8, 4) is 0 Å². The van der Waals surface area contributed by atoms with Crippen molar-refractivity contribution in [1.29, 1.82) is 0 Å². The molecule has 0 aromatic carbocycles. The van der Waals surface area contributed by atoms with Crippen LogP contribution >= 0.6 is 0 Å². The van der Waals surface area contributed by atoms with Gasteiger partial charge in [-0.05, 0) is 20.8 Å². The van der Waals surface area contributed by atoms with E-state index in [0.29, 0.717) is 18.8 Å². The molecule has 1 saturated heterocycles. The van der Waals surface area contributed by atoms with Crippen molar-refractivity contribution in [3.63, 3.8) is 0 Å². The smallest absolute Gasteiger partial charge is 0.410 e. The molecule has 1 aromatic heterocycles. The molecule has 1 amide bonds. The van der Waals surface area contributed by atoms with Gasteiger partial charge in [0.1, 0.15) is 5.60 Å². The largest absolute Gasteiger partial charge is 0.444 e. The minimum Gasteiger partial charge on any atom is -0.444 e. The van der Waals surface area contributed by atoms with E-state index in [0.717, 1.165) is 0 Å². The van der Waals surface area contributed by atoms with Gasteiger partial charge in [0.2, 0.25) is 5.95 Å². The summed E-state index contributed by atoms with van der Waals surface area (Å²) in [6.07, 6.45) is -0.346. The average molecular weight is 266 g/mol. The lowest BCUT2D eigenvalue weighted by atomic mass is 9.97. The maximum absolute atomic E-state index is 11.7. The molecule has 2 heterocycles. The summed E-state index contributed by atoms with van der Waals surface area (Å²) in [5, 5.41) is 0. The molecule has 0 bridgehead atoms. The molecule has 0 unspecified atom stereocenters. The summed E-state index contributed by atoms with van der Waals surface area (Å²) in [7, 11) is 0. The average Bonchev–Trinajstić information content (AvgIpc) is 2.09. The van der Waals surface area contributed by atoms with Crippen LogP contribution in [0.15, 0.2) is 10.9 Å². The van der Waals surface area contributed by atoms with E-state index < -0.39 is 5.60 Å². The van der Waals surface area contributed by atoms with Gasteiger partial charge in [0.25, 0.3) is 5.56 Å². The number of nitrogen functional groups attached to an aromatic ring is 1. The Morgan fingerprint density at radius 3 is 2.68 bits per heavy atom. The highest BCUT2D eigenvalue weighted by molar-refractivity contribution is 5.69. The van der Waals surface area contributed by atoms with Gasteiger partial charge in [-0.1, -0.05) is 0 Å². The summed E-state index contributed by atoms with van der Waals surface area (Å²) in [5.74, 6) is 0.135. The molecular formula is C12H18N4O3. The van der Waals surface area contributed by atoms with E-state index in [1.54, 1.807) is 4.90 Å². The molecule has 1 fully saturated rings. The van der Waals surface area contributed by atoms with Crippen molar-refractivity contribution in [2.24, 2.45) is 0 Å². The molecule has 3 N–H and O–H groups in total. The number of aromatic nitrogens is 2. The second-order valence-electron chi connectivity index (χ2n) is 5.64. The summed E-state index contributed by atoms with van der Waals surface area (Å²) in [4.78, 5) is 31.1. The lowest BCUT2D eigenvalue weighted by molar-refractivity contribution is 0.00788. The molecule has 0 saturated carbocycles. The number of H-pyrrole nitrogens is 1. The lowest BCUT2D eigenvalue weighted by Gasteiger charge is -2.39. The fraction of sp³-hybridized carbons (Fsp3) is 0.583. The molecule has 0 atom stereocenters. The van der Waals surface area contributed by atoms with Gasteiger partial charge in [0.15, 0.2) is 0 Å². The van der Waals surface area contributed by atoms with Crippen molar-refractivity contribution >= 4 is 12.0 Å². The summed E-state index contributed by atoms with van der Waals surface area (Å²) in [5.41, 5.74) is 5.31. The third-order valence-electron chi connectivity index (χ3n) is 2.73. The van der Waals surface area contributed by atoms with E-state index in [1.165, 1.54) is 6.07 Å². The molecule has 0 spiro atoms. The van der Waals surface area contributed by atoms with Gasteiger partial charge in [0.05, 0.1) is 5.69 Å². The normalized spacial score (nSPS) is 16.1. The Balaban J connectivity index is 1.96. The van der Waals surface area contributed by atoms with Crippen LogP contribution in [-0.4, -0.2) is 39.7 Å². The van der Waals surface area contributed by atoms with Crippen molar-refractivity contribution in [3.05, 3.63) is 22.1 Å². The van der Waals surface area contributed by atoms with Crippen LogP contribution in [0.5, 0.6) is 0 Å². The van der Waals surface area contributed by atoms with Gasteiger partial charge in [-0.15, -0.1) is 0 Å². The summed E-state index contributed by atoms with van der Waals surface area (Å²) in [6.45, 7) is 6.44. The van der Waals surface area contributed by atoms with Gasteiger partial charge in [-0.2, -0.15) is 0 Å². The van der Waals surface area contributed by atoms with Crippen molar-refractivity contribution in [1.82, 2.24) is 14.9 Å². The molecule has 2 rings (SSSR count). The van der Waals surface area contributed by atoms with Crippen LogP contribution < -0.4 is 11.3 Å². The Morgan fingerprint density at radius 2 is 2.16 bits per heavy atom. The molecule has 7 nitrogen and oxygen atoms in total. The number of amides is 1. The predicted molar refractivity (Wildman–Crippen MR) is 69.8 cm³/mol. The summed E-state index contributed by atoms with van der Waals surface area (Å²) in [6, 6.07) is 1.41. The van der Waals surface area contributed by atoms with Crippen LogP contribution in [0.4, 0.5) is 10.7 Å². The number of aromatic amines is 1. The topological polar surface area (TPSA) is 101 Å². The molecule has 1 aliphatic heterocycles. The Labute approximate surface area is 110 Å². The van der Waals surface area contributed by atoms with Gasteiger partial charge in [-0.25, -0.2) is 9.78 Å². The van der Waals surface area contributed by atoms with Crippen LogP contribution in [0.25, 0.3) is 0 Å². The van der Waals surface area contributed by atoms with Crippen LogP contribution in [0.2, 0.25) is 0 Å². The second-order valence-corrected chi connectivity index (χ2v) is 5.64.